The van der Waals surface area contributed by atoms with Gasteiger partial charge in [-0.05, 0) is 30.4 Å². The number of hydrogen-bond acceptors (Lipinski definition) is 3. The molecule has 0 spiro atoms. The van der Waals surface area contributed by atoms with Gasteiger partial charge in [-0.2, -0.15) is 0 Å². The summed E-state index contributed by atoms with van der Waals surface area (Å²) < 4.78 is 5.76. The van der Waals surface area contributed by atoms with Crippen molar-refractivity contribution in [1.29, 1.82) is 0 Å². The molecule has 19 heavy (non-hydrogen) atoms. The Kier molecular flexibility index (Phi) is 5.80. The van der Waals surface area contributed by atoms with E-state index in [0.29, 0.717) is 12.6 Å². The van der Waals surface area contributed by atoms with Crippen LogP contribution in [0.4, 0.5) is 0 Å². The molecule has 106 valence electrons. The zero-order chi connectivity index (χ0) is 13.5. The van der Waals surface area contributed by atoms with Gasteiger partial charge in [-0.1, -0.05) is 32.8 Å². The van der Waals surface area contributed by atoms with Gasteiger partial charge in [0.1, 0.15) is 0 Å². The van der Waals surface area contributed by atoms with Crippen molar-refractivity contribution in [1.82, 2.24) is 10.3 Å². The molecule has 1 fully saturated rings. The largest absolute Gasteiger partial charge is 0.375 e. The van der Waals surface area contributed by atoms with Crippen LogP contribution in [0.15, 0.2) is 18.3 Å². The number of hydrogen-bond donors (Lipinski definition) is 1. The highest BCUT2D eigenvalue weighted by Gasteiger charge is 2.14. The van der Waals surface area contributed by atoms with Gasteiger partial charge in [0.15, 0.2) is 0 Å². The molecule has 3 heteroatoms. The molecule has 1 aromatic heterocycles. The third-order valence-electron chi connectivity index (χ3n) is 3.68. The fourth-order valence-corrected chi connectivity index (χ4v) is 2.47. The molecule has 2 rings (SSSR count). The number of pyridine rings is 1. The molecule has 0 saturated heterocycles. The Morgan fingerprint density at radius 2 is 2.11 bits per heavy atom. The number of nitrogens with one attached hydrogen (secondary N) is 1. The highest BCUT2D eigenvalue weighted by molar-refractivity contribution is 5.13. The van der Waals surface area contributed by atoms with E-state index in [9.17, 15) is 0 Å². The first-order chi connectivity index (χ1) is 9.24. The standard InChI is InChI=1S/C16H26N2O/c1-13(2)17-9-15-7-8-16(18-10-15)12-19-11-14-5-3-4-6-14/h7-8,10,13-14,17H,3-6,9,11-12H2,1-2H3. The number of nitrogens with zero attached hydrogens (tertiary/aromatic N) is 1. The summed E-state index contributed by atoms with van der Waals surface area (Å²) in [5, 5.41) is 3.39. The van der Waals surface area contributed by atoms with E-state index >= 15 is 0 Å². The quantitative estimate of drug-likeness (QED) is 0.819. The van der Waals surface area contributed by atoms with E-state index in [1.54, 1.807) is 0 Å². The molecule has 0 atom stereocenters. The third kappa shape index (κ3) is 5.29. The van der Waals surface area contributed by atoms with Crippen molar-refractivity contribution in [3.8, 4) is 0 Å². The molecule has 0 radical (unpaired) electrons. The van der Waals surface area contributed by atoms with Gasteiger partial charge >= 0.3 is 0 Å². The van der Waals surface area contributed by atoms with Gasteiger partial charge < -0.3 is 10.1 Å². The molecular weight excluding hydrogens is 236 g/mol. The van der Waals surface area contributed by atoms with E-state index in [2.05, 4.69) is 36.3 Å². The number of ether oxygens (including phenoxy) is 1. The van der Waals surface area contributed by atoms with Crippen molar-refractivity contribution in [3.63, 3.8) is 0 Å². The molecule has 1 heterocycles. The zero-order valence-electron chi connectivity index (χ0n) is 12.2. The molecule has 0 aromatic carbocycles. The van der Waals surface area contributed by atoms with Crippen molar-refractivity contribution >= 4 is 0 Å². The van der Waals surface area contributed by atoms with Gasteiger partial charge in [0.2, 0.25) is 0 Å². The predicted octanol–water partition coefficient (Wildman–Crippen LogP) is 3.29. The van der Waals surface area contributed by atoms with E-state index in [1.807, 2.05) is 6.20 Å². The Bertz CT molecular complexity index is 356. The van der Waals surface area contributed by atoms with Crippen molar-refractivity contribution in [2.75, 3.05) is 6.61 Å². The average molecular weight is 262 g/mol. The fraction of sp³-hybridized carbons (Fsp3) is 0.688. The van der Waals surface area contributed by atoms with Crippen LogP contribution in [0, 0.1) is 5.92 Å². The topological polar surface area (TPSA) is 34.1 Å². The van der Waals surface area contributed by atoms with Gasteiger partial charge in [0.25, 0.3) is 0 Å². The lowest BCUT2D eigenvalue weighted by Gasteiger charge is -2.10. The molecular formula is C16H26N2O. The smallest absolute Gasteiger partial charge is 0.0887 e. The molecule has 1 aliphatic rings. The second-order valence-corrected chi connectivity index (χ2v) is 5.86. The lowest BCUT2D eigenvalue weighted by atomic mass is 10.1. The maximum Gasteiger partial charge on any atom is 0.0887 e. The molecule has 0 amide bonds. The molecule has 1 aliphatic carbocycles. The Morgan fingerprint density at radius 3 is 2.74 bits per heavy atom. The molecule has 0 bridgehead atoms. The monoisotopic (exact) mass is 262 g/mol. The molecule has 1 aromatic rings. The van der Waals surface area contributed by atoms with Crippen LogP contribution in [0.2, 0.25) is 0 Å². The summed E-state index contributed by atoms with van der Waals surface area (Å²) in [4.78, 5) is 4.46. The second-order valence-electron chi connectivity index (χ2n) is 5.86. The van der Waals surface area contributed by atoms with Crippen LogP contribution < -0.4 is 5.32 Å². The Labute approximate surface area is 116 Å². The van der Waals surface area contributed by atoms with E-state index < -0.39 is 0 Å². The molecule has 1 saturated carbocycles. The summed E-state index contributed by atoms with van der Waals surface area (Å²) in [6.07, 6.45) is 7.39. The normalized spacial score (nSPS) is 16.4. The summed E-state index contributed by atoms with van der Waals surface area (Å²) in [5.74, 6) is 0.787. The zero-order valence-corrected chi connectivity index (χ0v) is 12.2. The lowest BCUT2D eigenvalue weighted by molar-refractivity contribution is 0.0867. The molecule has 1 N–H and O–H groups in total. The molecule has 0 aliphatic heterocycles. The third-order valence-corrected chi connectivity index (χ3v) is 3.68. The van der Waals surface area contributed by atoms with Gasteiger partial charge in [-0.15, -0.1) is 0 Å². The second kappa shape index (κ2) is 7.61. The predicted molar refractivity (Wildman–Crippen MR) is 77.8 cm³/mol. The van der Waals surface area contributed by atoms with Crippen molar-refractivity contribution in [3.05, 3.63) is 29.6 Å². The van der Waals surface area contributed by atoms with Gasteiger partial charge in [0.05, 0.1) is 12.3 Å². The highest BCUT2D eigenvalue weighted by Crippen LogP contribution is 2.24. The van der Waals surface area contributed by atoms with E-state index in [-0.39, 0.29) is 0 Å². The fourth-order valence-electron chi connectivity index (χ4n) is 2.47. The lowest BCUT2D eigenvalue weighted by Crippen LogP contribution is -2.21. The van der Waals surface area contributed by atoms with Crippen molar-refractivity contribution < 1.29 is 4.74 Å². The van der Waals surface area contributed by atoms with Gasteiger partial charge in [-0.25, -0.2) is 0 Å². The van der Waals surface area contributed by atoms with E-state index in [1.165, 1.54) is 31.2 Å². The summed E-state index contributed by atoms with van der Waals surface area (Å²) >= 11 is 0. The summed E-state index contributed by atoms with van der Waals surface area (Å²) in [5.41, 5.74) is 2.26. The maximum atomic E-state index is 5.76. The summed E-state index contributed by atoms with van der Waals surface area (Å²) in [6, 6.07) is 4.72. The minimum absolute atomic E-state index is 0.509. The maximum absolute atomic E-state index is 5.76. The van der Waals surface area contributed by atoms with Crippen LogP contribution in [-0.2, 0) is 17.9 Å². The van der Waals surface area contributed by atoms with Gasteiger partial charge in [-0.3, -0.25) is 4.98 Å². The van der Waals surface area contributed by atoms with Crippen LogP contribution in [0.3, 0.4) is 0 Å². The SMILES string of the molecule is CC(C)NCc1ccc(COCC2CCCC2)nc1. The Morgan fingerprint density at radius 1 is 1.32 bits per heavy atom. The van der Waals surface area contributed by atoms with Crippen LogP contribution in [0.25, 0.3) is 0 Å². The molecule has 0 unspecified atom stereocenters. The summed E-state index contributed by atoms with van der Waals surface area (Å²) in [6.45, 7) is 6.73. The van der Waals surface area contributed by atoms with Crippen LogP contribution in [0.5, 0.6) is 0 Å². The minimum Gasteiger partial charge on any atom is -0.375 e. The van der Waals surface area contributed by atoms with Gasteiger partial charge in [0, 0.05) is 25.4 Å². The number of rotatable bonds is 7. The average Bonchev–Trinajstić information content (AvgIpc) is 2.91. The first-order valence-electron chi connectivity index (χ1n) is 7.49. The Hall–Kier alpha value is -0.930. The molecule has 3 nitrogen and oxygen atoms in total. The van der Waals surface area contributed by atoms with E-state index in [4.69, 9.17) is 4.74 Å². The minimum atomic E-state index is 0.509. The first-order valence-corrected chi connectivity index (χ1v) is 7.49. The van der Waals surface area contributed by atoms with Crippen molar-refractivity contribution in [2.24, 2.45) is 5.92 Å². The van der Waals surface area contributed by atoms with Crippen LogP contribution in [0.1, 0.15) is 50.8 Å². The van der Waals surface area contributed by atoms with Crippen LogP contribution >= 0.6 is 0 Å². The van der Waals surface area contributed by atoms with Crippen LogP contribution in [-0.4, -0.2) is 17.6 Å². The summed E-state index contributed by atoms with van der Waals surface area (Å²) in [7, 11) is 0. The first kappa shape index (κ1) is 14.5. The number of aromatic nitrogens is 1. The highest BCUT2D eigenvalue weighted by atomic mass is 16.5. The van der Waals surface area contributed by atoms with E-state index in [0.717, 1.165) is 24.8 Å². The van der Waals surface area contributed by atoms with Crippen molar-refractivity contribution in [2.45, 2.75) is 58.7 Å². The Balaban J connectivity index is 1.69.